The SMILES string of the molecule is Cc1cn2cc(-c3nc(NCc4ccccn4)c4c(-c5ccccc5)cccc4n3)cc(S(N)(=O)=O)c2n1.Clc1nc(NCc2ccccn2)c2c(-c3ccccc3)cccc2n1. The van der Waals surface area contributed by atoms with Gasteiger partial charge in [-0.05, 0) is 83.2 Å². The molecule has 0 bridgehead atoms. The minimum atomic E-state index is -4.05. The maximum absolute atomic E-state index is 12.4. The Balaban J connectivity index is 0.000000174. The Hall–Kier alpha value is -7.65. The molecule has 10 rings (SSSR count). The zero-order valence-electron chi connectivity index (χ0n) is 33.8. The van der Waals surface area contributed by atoms with Crippen molar-refractivity contribution in [1.82, 2.24) is 39.3 Å². The van der Waals surface area contributed by atoms with Gasteiger partial charge in [-0.1, -0.05) is 97.1 Å². The van der Waals surface area contributed by atoms with Crippen molar-refractivity contribution in [1.29, 1.82) is 0 Å². The van der Waals surface area contributed by atoms with Crippen molar-refractivity contribution in [3.05, 3.63) is 187 Å². The van der Waals surface area contributed by atoms with Gasteiger partial charge >= 0.3 is 0 Å². The molecule has 6 heterocycles. The number of nitrogens with two attached hydrogens (primary N) is 1. The van der Waals surface area contributed by atoms with Crippen molar-refractivity contribution in [2.45, 2.75) is 24.9 Å². The van der Waals surface area contributed by atoms with E-state index in [9.17, 15) is 8.42 Å². The summed E-state index contributed by atoms with van der Waals surface area (Å²) in [5.41, 5.74) is 8.90. The number of imidazole rings is 1. The summed E-state index contributed by atoms with van der Waals surface area (Å²) in [4.78, 5) is 31.5. The fourth-order valence-electron chi connectivity index (χ4n) is 7.31. The highest BCUT2D eigenvalue weighted by atomic mass is 35.5. The van der Waals surface area contributed by atoms with E-state index in [1.54, 1.807) is 36.1 Å². The molecule has 15 heteroatoms. The molecule has 10 aromatic rings. The van der Waals surface area contributed by atoms with Gasteiger partial charge in [-0.3, -0.25) is 9.97 Å². The summed E-state index contributed by atoms with van der Waals surface area (Å²) in [7, 11) is -4.05. The molecule has 0 saturated carbocycles. The van der Waals surface area contributed by atoms with Gasteiger partial charge in [-0.15, -0.1) is 0 Å². The number of aromatic nitrogens is 8. The standard InChI is InChI=1S/C28H23N7O2S.C20H15ClN4/c1-18-16-35-17-20(14-24(28(35)32-18)38(29,36)37)26-33-23-12-7-11-22(19-8-3-2-4-9-19)25(23)27(34-26)31-15-21-10-5-6-13-30-21;21-20-24-17-11-6-10-16(14-7-2-1-3-8-14)18(17)19(25-20)23-13-15-9-4-5-12-22-15/h2-14,16-17H,15H2,1H3,(H2,29,36,37)(H,31,33,34);1-12H,13H2,(H,23,24,25). The third-order valence-electron chi connectivity index (χ3n) is 10.1. The molecule has 13 nitrogen and oxygen atoms in total. The summed E-state index contributed by atoms with van der Waals surface area (Å²) < 4.78 is 26.5. The van der Waals surface area contributed by atoms with Gasteiger partial charge < -0.3 is 15.0 Å². The average molecular weight is 868 g/mol. The maximum Gasteiger partial charge on any atom is 0.241 e. The van der Waals surface area contributed by atoms with Gasteiger partial charge in [0.05, 0.1) is 52.0 Å². The first-order chi connectivity index (χ1) is 30.7. The van der Waals surface area contributed by atoms with Crippen LogP contribution in [0.3, 0.4) is 0 Å². The number of nitrogens with zero attached hydrogens (tertiary/aromatic N) is 8. The van der Waals surface area contributed by atoms with E-state index in [0.29, 0.717) is 47.3 Å². The Labute approximate surface area is 367 Å². The minimum absolute atomic E-state index is 0.0900. The van der Waals surface area contributed by atoms with Crippen LogP contribution in [0.1, 0.15) is 17.1 Å². The van der Waals surface area contributed by atoms with Crippen LogP contribution >= 0.6 is 11.6 Å². The molecular formula is C48H38ClN11O2S. The van der Waals surface area contributed by atoms with Crippen LogP contribution in [-0.2, 0) is 23.1 Å². The second-order valence-electron chi connectivity index (χ2n) is 14.5. The highest BCUT2D eigenvalue weighted by Gasteiger charge is 2.21. The lowest BCUT2D eigenvalue weighted by atomic mass is 10.0. The number of halogens is 1. The normalized spacial score (nSPS) is 11.3. The van der Waals surface area contributed by atoms with Crippen LogP contribution in [0.15, 0.2) is 169 Å². The zero-order valence-corrected chi connectivity index (χ0v) is 35.3. The van der Waals surface area contributed by atoms with Gasteiger partial charge in [-0.2, -0.15) is 0 Å². The number of hydrogen-bond donors (Lipinski definition) is 3. The van der Waals surface area contributed by atoms with Crippen molar-refractivity contribution in [3.63, 3.8) is 0 Å². The number of anilines is 2. The summed E-state index contributed by atoms with van der Waals surface area (Å²) >= 11 is 6.13. The predicted octanol–water partition coefficient (Wildman–Crippen LogP) is 9.53. The van der Waals surface area contributed by atoms with Gasteiger partial charge in [0.2, 0.25) is 15.3 Å². The van der Waals surface area contributed by atoms with Crippen LogP contribution in [0.5, 0.6) is 0 Å². The molecule has 0 saturated heterocycles. The van der Waals surface area contributed by atoms with E-state index in [2.05, 4.69) is 53.8 Å². The molecule has 0 radical (unpaired) electrons. The van der Waals surface area contributed by atoms with Gasteiger partial charge in [0, 0.05) is 30.4 Å². The van der Waals surface area contributed by atoms with Crippen LogP contribution in [0, 0.1) is 6.92 Å². The molecule has 4 N–H and O–H groups in total. The maximum atomic E-state index is 12.4. The molecule has 0 spiro atoms. The predicted molar refractivity (Wildman–Crippen MR) is 248 cm³/mol. The number of rotatable bonds is 10. The van der Waals surface area contributed by atoms with Crippen LogP contribution in [-0.4, -0.2) is 47.7 Å². The molecule has 0 fully saturated rings. The van der Waals surface area contributed by atoms with Crippen molar-refractivity contribution >= 4 is 60.7 Å². The molecular weight excluding hydrogens is 830 g/mol. The number of primary sulfonamides is 1. The third kappa shape index (κ3) is 9.04. The molecule has 0 unspecified atom stereocenters. The van der Waals surface area contributed by atoms with Crippen molar-refractivity contribution in [3.8, 4) is 33.6 Å². The average Bonchev–Trinajstić information content (AvgIpc) is 3.70. The Kier molecular flexibility index (Phi) is 11.5. The highest BCUT2D eigenvalue weighted by Crippen LogP contribution is 2.36. The minimum Gasteiger partial charge on any atom is -0.364 e. The molecule has 0 amide bonds. The molecule has 63 heavy (non-hydrogen) atoms. The zero-order chi connectivity index (χ0) is 43.3. The summed E-state index contributed by atoms with van der Waals surface area (Å²) in [5, 5.41) is 14.4. The van der Waals surface area contributed by atoms with E-state index in [4.69, 9.17) is 26.7 Å². The second kappa shape index (κ2) is 17.8. The van der Waals surface area contributed by atoms with Crippen LogP contribution in [0.4, 0.5) is 11.6 Å². The lowest BCUT2D eigenvalue weighted by Crippen LogP contribution is -2.14. The van der Waals surface area contributed by atoms with E-state index in [-0.39, 0.29) is 15.8 Å². The second-order valence-corrected chi connectivity index (χ2v) is 16.3. The van der Waals surface area contributed by atoms with Crippen molar-refractivity contribution < 1.29 is 8.42 Å². The summed E-state index contributed by atoms with van der Waals surface area (Å²) in [6.07, 6.45) is 7.02. The van der Waals surface area contributed by atoms with Gasteiger partial charge in [-0.25, -0.2) is 38.5 Å². The summed E-state index contributed by atoms with van der Waals surface area (Å²) in [6.45, 7) is 2.79. The van der Waals surface area contributed by atoms with E-state index in [1.807, 2.05) is 115 Å². The summed E-state index contributed by atoms with van der Waals surface area (Å²) in [6, 6.07) is 45.2. The summed E-state index contributed by atoms with van der Waals surface area (Å²) in [5.74, 6) is 1.67. The number of aryl methyl sites for hydroxylation is 1. The molecule has 0 aliphatic rings. The first-order valence-corrected chi connectivity index (χ1v) is 21.8. The third-order valence-corrected chi connectivity index (χ3v) is 11.2. The number of benzene rings is 4. The van der Waals surface area contributed by atoms with Gasteiger partial charge in [0.1, 0.15) is 16.5 Å². The smallest absolute Gasteiger partial charge is 0.241 e. The number of pyridine rings is 3. The molecule has 0 atom stereocenters. The molecule has 6 aromatic heterocycles. The number of hydrogen-bond acceptors (Lipinski definition) is 11. The lowest BCUT2D eigenvalue weighted by molar-refractivity contribution is 0.598. The van der Waals surface area contributed by atoms with Crippen LogP contribution < -0.4 is 15.8 Å². The van der Waals surface area contributed by atoms with E-state index in [0.717, 1.165) is 49.9 Å². The Bertz CT molecular complexity index is 3340. The number of fused-ring (bicyclic) bond motifs is 3. The van der Waals surface area contributed by atoms with E-state index in [1.165, 1.54) is 6.07 Å². The van der Waals surface area contributed by atoms with E-state index >= 15 is 0 Å². The first-order valence-electron chi connectivity index (χ1n) is 19.9. The largest absolute Gasteiger partial charge is 0.364 e. The molecule has 0 aliphatic heterocycles. The Morgan fingerprint density at radius 1 is 0.587 bits per heavy atom. The van der Waals surface area contributed by atoms with Crippen molar-refractivity contribution in [2.75, 3.05) is 10.6 Å². The highest BCUT2D eigenvalue weighted by molar-refractivity contribution is 7.89. The topological polar surface area (TPSA) is 179 Å². The van der Waals surface area contributed by atoms with Gasteiger partial charge in [0.15, 0.2) is 11.5 Å². The monoisotopic (exact) mass is 867 g/mol. The quantitative estimate of drug-likeness (QED) is 0.112. The van der Waals surface area contributed by atoms with Crippen molar-refractivity contribution in [2.24, 2.45) is 5.14 Å². The van der Waals surface area contributed by atoms with E-state index < -0.39 is 10.0 Å². The van der Waals surface area contributed by atoms with Crippen LogP contribution in [0.2, 0.25) is 5.28 Å². The molecule has 4 aromatic carbocycles. The Morgan fingerprint density at radius 2 is 1.13 bits per heavy atom. The molecule has 310 valence electrons. The van der Waals surface area contributed by atoms with Gasteiger partial charge in [0.25, 0.3) is 0 Å². The number of sulfonamides is 1. The molecule has 0 aliphatic carbocycles. The Morgan fingerprint density at radius 3 is 1.67 bits per heavy atom. The lowest BCUT2D eigenvalue weighted by Gasteiger charge is -2.15. The fraction of sp³-hybridized carbons (Fsp3) is 0.0625. The van der Waals surface area contributed by atoms with Crippen LogP contribution in [0.25, 0.3) is 61.1 Å². The first kappa shape index (κ1) is 40.7. The number of nitrogens with one attached hydrogen (secondary N) is 2. The fourth-order valence-corrected chi connectivity index (χ4v) is 8.19.